The Hall–Kier alpha value is -4.76. The molecule has 1 aliphatic heterocycles. The van der Waals surface area contributed by atoms with Crippen molar-refractivity contribution in [3.8, 4) is 23.2 Å². The Morgan fingerprint density at radius 2 is 1.85 bits per heavy atom. The number of hydrogen-bond acceptors (Lipinski definition) is 8. The second kappa shape index (κ2) is 10.8. The van der Waals surface area contributed by atoms with Crippen LogP contribution in [0, 0.1) is 25.2 Å². The third-order valence-corrected chi connectivity index (χ3v) is 7.92. The molecule has 0 aliphatic carbocycles. The Balaban J connectivity index is 1.41. The number of benzene rings is 2. The van der Waals surface area contributed by atoms with Gasteiger partial charge in [-0.15, -0.1) is 0 Å². The van der Waals surface area contributed by atoms with Gasteiger partial charge in [0.15, 0.2) is 0 Å². The number of likely N-dealkylation sites (tertiary alicyclic amines) is 1. The van der Waals surface area contributed by atoms with Gasteiger partial charge in [-0.3, -0.25) is 9.48 Å². The molecule has 0 spiro atoms. The van der Waals surface area contributed by atoms with Crippen molar-refractivity contribution in [3.05, 3.63) is 83.2 Å². The normalized spacial score (nSPS) is 15.1. The van der Waals surface area contributed by atoms with Crippen LogP contribution < -0.4 is 9.46 Å². The number of nitrogens with zero attached hydrogens (tertiary/aromatic N) is 6. The number of aryl methyl sites for hydroxylation is 3. The first kappa shape index (κ1) is 26.8. The number of sulfonamides is 1. The van der Waals surface area contributed by atoms with Gasteiger partial charge < -0.3 is 9.64 Å². The monoisotopic (exact) mass is 557 g/mol. The summed E-state index contributed by atoms with van der Waals surface area (Å²) < 4.78 is 36.0. The predicted molar refractivity (Wildman–Crippen MR) is 147 cm³/mol. The van der Waals surface area contributed by atoms with Crippen LogP contribution in [0.2, 0.25) is 0 Å². The lowest BCUT2D eigenvalue weighted by atomic mass is 10.00. The zero-order valence-electron chi connectivity index (χ0n) is 22.2. The molecule has 0 radical (unpaired) electrons. The summed E-state index contributed by atoms with van der Waals surface area (Å²) in [5.74, 6) is -0.101. The molecule has 1 fully saturated rings. The van der Waals surface area contributed by atoms with Gasteiger partial charge in [-0.05, 0) is 49.2 Å². The highest BCUT2D eigenvalue weighted by Gasteiger charge is 2.29. The number of nitrogens with one attached hydrogen (secondary N) is 1. The predicted octanol–water partition coefficient (Wildman–Crippen LogP) is 3.46. The molecule has 1 atom stereocenters. The molecule has 40 heavy (non-hydrogen) atoms. The van der Waals surface area contributed by atoms with Crippen molar-refractivity contribution in [2.75, 3.05) is 17.8 Å². The van der Waals surface area contributed by atoms with E-state index >= 15 is 0 Å². The van der Waals surface area contributed by atoms with Gasteiger partial charge in [0.25, 0.3) is 15.9 Å². The van der Waals surface area contributed by atoms with E-state index in [2.05, 4.69) is 19.8 Å². The summed E-state index contributed by atoms with van der Waals surface area (Å²) in [6, 6.07) is 16.1. The minimum atomic E-state index is -4.00. The van der Waals surface area contributed by atoms with E-state index in [1.807, 2.05) is 38.1 Å². The van der Waals surface area contributed by atoms with E-state index in [1.165, 1.54) is 17.1 Å². The number of amides is 1. The lowest BCUT2D eigenvalue weighted by Crippen LogP contribution is -2.31. The van der Waals surface area contributed by atoms with Crippen molar-refractivity contribution in [2.45, 2.75) is 31.3 Å². The van der Waals surface area contributed by atoms with Gasteiger partial charge in [-0.25, -0.2) is 18.1 Å². The Labute approximate surface area is 232 Å². The van der Waals surface area contributed by atoms with Crippen LogP contribution in [0.15, 0.2) is 65.8 Å². The zero-order valence-corrected chi connectivity index (χ0v) is 23.0. The van der Waals surface area contributed by atoms with Crippen molar-refractivity contribution in [3.63, 3.8) is 0 Å². The molecule has 2 aromatic heterocycles. The summed E-state index contributed by atoms with van der Waals surface area (Å²) in [6.45, 7) is 4.72. The lowest BCUT2D eigenvalue weighted by Gasteiger charge is -2.18. The van der Waals surface area contributed by atoms with Gasteiger partial charge in [0.2, 0.25) is 11.8 Å². The van der Waals surface area contributed by atoms with E-state index in [0.717, 1.165) is 16.7 Å². The molecule has 11 nitrogen and oxygen atoms in total. The number of carbonyl (C=O) groups is 1. The molecule has 1 N–H and O–H groups in total. The Bertz CT molecular complexity index is 1710. The quantitative estimate of drug-likeness (QED) is 0.364. The Morgan fingerprint density at radius 3 is 2.50 bits per heavy atom. The molecule has 204 valence electrons. The number of nitriles is 1. The van der Waals surface area contributed by atoms with Gasteiger partial charge in [-0.2, -0.15) is 15.3 Å². The summed E-state index contributed by atoms with van der Waals surface area (Å²) in [5, 5.41) is 12.9. The van der Waals surface area contributed by atoms with Gasteiger partial charge in [0.1, 0.15) is 11.0 Å². The first-order valence-electron chi connectivity index (χ1n) is 12.6. The second-order valence-corrected chi connectivity index (χ2v) is 11.3. The van der Waals surface area contributed by atoms with Crippen molar-refractivity contribution < 1.29 is 17.9 Å². The maximum atomic E-state index is 13.0. The molecule has 1 amide bonds. The van der Waals surface area contributed by atoms with Gasteiger partial charge in [0.05, 0.1) is 30.1 Å². The first-order chi connectivity index (χ1) is 19.1. The van der Waals surface area contributed by atoms with Gasteiger partial charge in [-0.1, -0.05) is 18.2 Å². The fraction of sp³-hybridized carbons (Fsp3) is 0.250. The largest absolute Gasteiger partial charge is 0.472 e. The van der Waals surface area contributed by atoms with Crippen LogP contribution in [0.4, 0.5) is 5.95 Å². The van der Waals surface area contributed by atoms with Crippen LogP contribution in [0.3, 0.4) is 0 Å². The smallest absolute Gasteiger partial charge is 0.267 e. The zero-order chi connectivity index (χ0) is 28.4. The lowest BCUT2D eigenvalue weighted by molar-refractivity contribution is 0.0771. The molecule has 5 rings (SSSR count). The van der Waals surface area contributed by atoms with E-state index in [4.69, 9.17) is 10.00 Å². The highest BCUT2D eigenvalue weighted by Crippen LogP contribution is 2.30. The van der Waals surface area contributed by atoms with Gasteiger partial charge >= 0.3 is 0 Å². The number of carbonyl (C=O) groups excluding carboxylic acids is 1. The van der Waals surface area contributed by atoms with Crippen LogP contribution in [0.5, 0.6) is 5.88 Å². The maximum Gasteiger partial charge on any atom is 0.267 e. The summed E-state index contributed by atoms with van der Waals surface area (Å²) in [6.07, 6.45) is 2.84. The fourth-order valence-corrected chi connectivity index (χ4v) is 5.57. The third-order valence-electron chi connectivity index (χ3n) is 6.64. The summed E-state index contributed by atoms with van der Waals surface area (Å²) >= 11 is 0. The van der Waals surface area contributed by atoms with Crippen LogP contribution in [0.1, 0.15) is 33.5 Å². The van der Waals surface area contributed by atoms with E-state index in [-0.39, 0.29) is 28.7 Å². The standard InChI is InChI=1S/C28H27N7O4S/c1-18-5-4-6-19(2)26(18)24-13-25(32-28(31-24)33-40(37,38)23-15-30-34(3)17-23)39-22-11-12-35(16-22)27(36)21-9-7-20(14-29)8-10-21/h4-10,13,15,17,22H,11-12,16H2,1-3H3,(H,31,32,33). The highest BCUT2D eigenvalue weighted by atomic mass is 32.2. The minimum Gasteiger partial charge on any atom is -0.472 e. The van der Waals surface area contributed by atoms with E-state index in [9.17, 15) is 13.2 Å². The number of rotatable bonds is 7. The average Bonchev–Trinajstić information content (AvgIpc) is 3.57. The topological polar surface area (TPSA) is 143 Å². The molecule has 0 saturated carbocycles. The average molecular weight is 558 g/mol. The third kappa shape index (κ3) is 5.64. The van der Waals surface area contributed by atoms with Crippen molar-refractivity contribution in [2.24, 2.45) is 7.05 Å². The van der Waals surface area contributed by atoms with Crippen molar-refractivity contribution in [1.29, 1.82) is 5.26 Å². The minimum absolute atomic E-state index is 0.0220. The van der Waals surface area contributed by atoms with E-state index in [1.54, 1.807) is 42.3 Å². The summed E-state index contributed by atoms with van der Waals surface area (Å²) in [5.41, 5.74) is 4.26. The molecular weight excluding hydrogens is 530 g/mol. The van der Waals surface area contributed by atoms with Crippen molar-refractivity contribution >= 4 is 21.9 Å². The fourth-order valence-electron chi connectivity index (χ4n) is 4.64. The molecule has 2 aromatic carbocycles. The van der Waals surface area contributed by atoms with E-state index < -0.39 is 10.0 Å². The van der Waals surface area contributed by atoms with Gasteiger partial charge in [0, 0.05) is 43.4 Å². The SMILES string of the molecule is Cc1cccc(C)c1-c1cc(OC2CCN(C(=O)c3ccc(C#N)cc3)C2)nc(NS(=O)(=O)c2cnn(C)c2)n1. The van der Waals surface area contributed by atoms with Crippen LogP contribution >= 0.6 is 0 Å². The van der Waals surface area contributed by atoms with Crippen LogP contribution in [0.25, 0.3) is 11.3 Å². The molecule has 1 saturated heterocycles. The molecule has 0 bridgehead atoms. The molecular formula is C28H27N7O4S. The number of ether oxygens (including phenoxy) is 1. The first-order valence-corrected chi connectivity index (χ1v) is 14.0. The maximum absolute atomic E-state index is 13.0. The van der Waals surface area contributed by atoms with Crippen molar-refractivity contribution in [1.82, 2.24) is 24.6 Å². The Kier molecular flexibility index (Phi) is 7.23. The number of hydrogen-bond donors (Lipinski definition) is 1. The summed E-state index contributed by atoms with van der Waals surface area (Å²) in [4.78, 5) is 23.5. The highest BCUT2D eigenvalue weighted by molar-refractivity contribution is 7.92. The molecule has 1 aliphatic rings. The van der Waals surface area contributed by atoms with Crippen LogP contribution in [-0.2, 0) is 17.1 Å². The molecule has 12 heteroatoms. The molecule has 3 heterocycles. The molecule has 4 aromatic rings. The number of anilines is 1. The summed E-state index contributed by atoms with van der Waals surface area (Å²) in [7, 11) is -2.37. The van der Waals surface area contributed by atoms with Crippen LogP contribution in [-0.4, -0.2) is 58.2 Å². The van der Waals surface area contributed by atoms with E-state index in [0.29, 0.717) is 36.3 Å². The second-order valence-electron chi connectivity index (χ2n) is 9.61. The number of aromatic nitrogens is 4. The molecule has 1 unspecified atom stereocenters. The Morgan fingerprint density at radius 1 is 1.12 bits per heavy atom.